The molecule has 0 aliphatic rings. The molecule has 0 saturated carbocycles. The maximum atomic E-state index is 12.7. The minimum Gasteiger partial charge on any atom is -0.321 e. The van der Waals surface area contributed by atoms with Gasteiger partial charge in [0.2, 0.25) is 0 Å². The van der Waals surface area contributed by atoms with E-state index < -0.39 is 11.7 Å². The molecule has 0 fully saturated rings. The molecule has 2 nitrogen and oxygen atoms in total. The fourth-order valence-electron chi connectivity index (χ4n) is 2.52. The number of hydrogen-bond acceptors (Lipinski definition) is 1. The van der Waals surface area contributed by atoms with E-state index in [1.165, 1.54) is 12.1 Å². The number of para-hydroxylation sites is 1. The van der Waals surface area contributed by atoms with E-state index in [2.05, 4.69) is 21.2 Å². The summed E-state index contributed by atoms with van der Waals surface area (Å²) in [5.74, 6) is -0.308. The van der Waals surface area contributed by atoms with E-state index >= 15 is 0 Å². The van der Waals surface area contributed by atoms with Crippen molar-refractivity contribution in [1.82, 2.24) is 0 Å². The Morgan fingerprint density at radius 2 is 1.46 bits per heavy atom. The van der Waals surface area contributed by atoms with Crippen LogP contribution in [0.5, 0.6) is 0 Å². The van der Waals surface area contributed by atoms with Crippen LogP contribution in [0.4, 0.5) is 18.9 Å². The number of carbonyl (C=O) groups excluding carboxylic acids is 1. The van der Waals surface area contributed by atoms with Gasteiger partial charge in [-0.05, 0) is 51.8 Å². The van der Waals surface area contributed by atoms with Gasteiger partial charge >= 0.3 is 6.18 Å². The van der Waals surface area contributed by atoms with Crippen LogP contribution in [-0.4, -0.2) is 5.91 Å². The zero-order chi connectivity index (χ0) is 18.7. The first-order valence-electron chi connectivity index (χ1n) is 7.69. The predicted octanol–water partition coefficient (Wildman–Crippen LogP) is 6.39. The average molecular weight is 420 g/mol. The molecule has 0 heterocycles. The van der Waals surface area contributed by atoms with E-state index in [1.807, 2.05) is 0 Å². The van der Waals surface area contributed by atoms with Crippen LogP contribution in [-0.2, 0) is 6.18 Å². The second-order valence-electron chi connectivity index (χ2n) is 5.55. The number of alkyl halides is 3. The summed E-state index contributed by atoms with van der Waals surface area (Å²) >= 11 is 3.33. The first-order chi connectivity index (χ1) is 12.4. The van der Waals surface area contributed by atoms with Crippen LogP contribution in [0.1, 0.15) is 15.9 Å². The molecule has 1 N–H and O–H groups in total. The monoisotopic (exact) mass is 419 g/mol. The lowest BCUT2D eigenvalue weighted by Crippen LogP contribution is -2.13. The predicted molar refractivity (Wildman–Crippen MR) is 99.0 cm³/mol. The highest BCUT2D eigenvalue weighted by Gasteiger charge is 2.30. The topological polar surface area (TPSA) is 29.1 Å². The number of hydrogen-bond donors (Lipinski definition) is 1. The Labute approximate surface area is 156 Å². The SMILES string of the molecule is O=C(Nc1ccccc1-c1ccc(C(F)(F)F)cc1)c1ccccc1Br. The third kappa shape index (κ3) is 3.96. The maximum Gasteiger partial charge on any atom is 0.416 e. The molecule has 3 rings (SSSR count). The zero-order valence-electron chi connectivity index (χ0n) is 13.3. The average Bonchev–Trinajstić information content (AvgIpc) is 2.62. The van der Waals surface area contributed by atoms with Crippen molar-refractivity contribution in [3.63, 3.8) is 0 Å². The lowest BCUT2D eigenvalue weighted by Gasteiger charge is -2.13. The van der Waals surface area contributed by atoms with Gasteiger partial charge in [0.25, 0.3) is 5.91 Å². The summed E-state index contributed by atoms with van der Waals surface area (Å²) in [6.07, 6.45) is -4.38. The summed E-state index contributed by atoms with van der Waals surface area (Å²) in [7, 11) is 0. The number of anilines is 1. The summed E-state index contributed by atoms with van der Waals surface area (Å²) < 4.78 is 38.9. The normalized spacial score (nSPS) is 11.2. The summed E-state index contributed by atoms with van der Waals surface area (Å²) in [4.78, 5) is 12.5. The van der Waals surface area contributed by atoms with Crippen molar-refractivity contribution in [2.24, 2.45) is 0 Å². The van der Waals surface area contributed by atoms with Crippen molar-refractivity contribution >= 4 is 27.5 Å². The molecule has 6 heteroatoms. The first-order valence-corrected chi connectivity index (χ1v) is 8.48. The molecule has 0 aromatic heterocycles. The molecular weight excluding hydrogens is 407 g/mol. The molecule has 0 aliphatic heterocycles. The van der Waals surface area contributed by atoms with E-state index in [4.69, 9.17) is 0 Å². The smallest absolute Gasteiger partial charge is 0.321 e. The Bertz CT molecular complexity index is 936. The van der Waals surface area contributed by atoms with Gasteiger partial charge in [0, 0.05) is 15.7 Å². The van der Waals surface area contributed by atoms with Crippen LogP contribution in [0.2, 0.25) is 0 Å². The minimum absolute atomic E-state index is 0.308. The van der Waals surface area contributed by atoms with Gasteiger partial charge < -0.3 is 5.32 Å². The quantitative estimate of drug-likeness (QED) is 0.523. The molecule has 0 unspecified atom stereocenters. The van der Waals surface area contributed by atoms with E-state index in [-0.39, 0.29) is 5.91 Å². The first kappa shape index (κ1) is 18.2. The van der Waals surface area contributed by atoms with E-state index in [0.29, 0.717) is 26.9 Å². The number of halogens is 4. The molecule has 0 spiro atoms. The van der Waals surface area contributed by atoms with Crippen LogP contribution in [0.15, 0.2) is 77.3 Å². The third-order valence-corrected chi connectivity index (χ3v) is 4.51. The molecule has 26 heavy (non-hydrogen) atoms. The van der Waals surface area contributed by atoms with Crippen molar-refractivity contribution in [2.75, 3.05) is 5.32 Å². The minimum atomic E-state index is -4.38. The number of nitrogens with one attached hydrogen (secondary N) is 1. The Morgan fingerprint density at radius 1 is 0.846 bits per heavy atom. The van der Waals surface area contributed by atoms with Crippen LogP contribution >= 0.6 is 15.9 Å². The largest absolute Gasteiger partial charge is 0.416 e. The maximum absolute atomic E-state index is 12.7. The molecule has 3 aromatic carbocycles. The van der Waals surface area contributed by atoms with Gasteiger partial charge in [-0.3, -0.25) is 4.79 Å². The highest BCUT2D eigenvalue weighted by atomic mass is 79.9. The third-order valence-electron chi connectivity index (χ3n) is 3.82. The van der Waals surface area contributed by atoms with Crippen molar-refractivity contribution in [1.29, 1.82) is 0 Å². The van der Waals surface area contributed by atoms with Crippen LogP contribution in [0.25, 0.3) is 11.1 Å². The Kier molecular flexibility index (Phi) is 5.13. The van der Waals surface area contributed by atoms with Crippen molar-refractivity contribution in [3.8, 4) is 11.1 Å². The molecule has 0 aliphatic carbocycles. The van der Waals surface area contributed by atoms with Crippen LogP contribution in [0.3, 0.4) is 0 Å². The van der Waals surface area contributed by atoms with Gasteiger partial charge in [0.05, 0.1) is 11.1 Å². The molecule has 0 bridgehead atoms. The fourth-order valence-corrected chi connectivity index (χ4v) is 2.98. The number of benzene rings is 3. The van der Waals surface area contributed by atoms with Crippen LogP contribution < -0.4 is 5.32 Å². The van der Waals surface area contributed by atoms with Crippen molar-refractivity contribution < 1.29 is 18.0 Å². The molecule has 1 amide bonds. The second-order valence-corrected chi connectivity index (χ2v) is 6.41. The number of carbonyl (C=O) groups is 1. The van der Waals surface area contributed by atoms with Crippen molar-refractivity contribution in [3.05, 3.63) is 88.4 Å². The molecule has 132 valence electrons. The van der Waals surface area contributed by atoms with Gasteiger partial charge in [-0.1, -0.05) is 42.5 Å². The molecule has 0 radical (unpaired) electrons. The standard InChI is InChI=1S/C20H13BrF3NO/c21-17-7-3-1-6-16(17)19(26)25-18-8-4-2-5-15(18)13-9-11-14(12-10-13)20(22,23)24/h1-12H,(H,25,26). The molecule has 0 atom stereocenters. The van der Waals surface area contributed by atoms with Gasteiger partial charge in [-0.2, -0.15) is 13.2 Å². The Balaban J connectivity index is 1.92. The van der Waals surface area contributed by atoms with E-state index in [9.17, 15) is 18.0 Å². The number of amides is 1. The second kappa shape index (κ2) is 7.33. The van der Waals surface area contributed by atoms with Gasteiger partial charge in [-0.25, -0.2) is 0 Å². The van der Waals surface area contributed by atoms with Crippen molar-refractivity contribution in [2.45, 2.75) is 6.18 Å². The molecular formula is C20H13BrF3NO. The summed E-state index contributed by atoms with van der Waals surface area (Å²) in [5, 5.41) is 2.82. The van der Waals surface area contributed by atoms with Gasteiger partial charge in [0.1, 0.15) is 0 Å². The van der Waals surface area contributed by atoms with Gasteiger partial charge in [0.15, 0.2) is 0 Å². The van der Waals surface area contributed by atoms with E-state index in [0.717, 1.165) is 12.1 Å². The lowest BCUT2D eigenvalue weighted by atomic mass is 10.0. The summed E-state index contributed by atoms with van der Waals surface area (Å²) in [6, 6.07) is 18.8. The highest BCUT2D eigenvalue weighted by Crippen LogP contribution is 2.33. The summed E-state index contributed by atoms with van der Waals surface area (Å²) in [5.41, 5.74) is 1.50. The zero-order valence-corrected chi connectivity index (χ0v) is 14.9. The Morgan fingerprint density at radius 3 is 2.12 bits per heavy atom. The molecule has 3 aromatic rings. The van der Waals surface area contributed by atoms with E-state index in [1.54, 1.807) is 48.5 Å². The fraction of sp³-hybridized carbons (Fsp3) is 0.0500. The van der Waals surface area contributed by atoms with Gasteiger partial charge in [-0.15, -0.1) is 0 Å². The lowest BCUT2D eigenvalue weighted by molar-refractivity contribution is -0.137. The Hall–Kier alpha value is -2.60. The highest BCUT2D eigenvalue weighted by molar-refractivity contribution is 9.10. The summed E-state index contributed by atoms with van der Waals surface area (Å²) in [6.45, 7) is 0. The number of rotatable bonds is 3. The molecule has 0 saturated heterocycles. The van der Waals surface area contributed by atoms with Crippen LogP contribution in [0, 0.1) is 0 Å².